The average molecular weight is 92.1 g/mol. The molecule has 0 aromatic rings. The summed E-state index contributed by atoms with van der Waals surface area (Å²) < 4.78 is 13.3. The van der Waals surface area contributed by atoms with Crippen LogP contribution in [0.25, 0.3) is 0 Å². The minimum absolute atomic E-state index is 0.133. The van der Waals surface area contributed by atoms with Crippen LogP contribution in [0.5, 0.6) is 0 Å². The molecule has 0 saturated carbocycles. The molecule has 1 atom stereocenters. The lowest BCUT2D eigenvalue weighted by Crippen LogP contribution is -1.90. The number of carboxylic acid groups (broad SMARTS) is 1. The SMILES string of the molecule is [3H]CC([3H])CC(=O)O. The van der Waals surface area contributed by atoms with Gasteiger partial charge in [-0.25, -0.2) is 0 Å². The van der Waals surface area contributed by atoms with E-state index in [9.17, 15) is 4.79 Å². The molecule has 6 heavy (non-hydrogen) atoms. The maximum Gasteiger partial charge on any atom is 0.303 e. The first-order chi connectivity index (χ1) is 3.66. The lowest BCUT2D eigenvalue weighted by molar-refractivity contribution is -0.137. The molecule has 1 N–H and O–H groups in total. The Bertz CT molecular complexity index is 84.1. The van der Waals surface area contributed by atoms with Crippen molar-refractivity contribution in [2.24, 2.45) is 0 Å². The number of hydrogen-bond donors (Lipinski definition) is 1. The van der Waals surface area contributed by atoms with Crippen LogP contribution in [0.2, 0.25) is 0 Å². The van der Waals surface area contributed by atoms with Crippen LogP contribution < -0.4 is 0 Å². The van der Waals surface area contributed by atoms with Gasteiger partial charge in [0.05, 0.1) is 0 Å². The van der Waals surface area contributed by atoms with Crippen LogP contribution >= 0.6 is 0 Å². The molecule has 36 valence electrons. The fraction of sp³-hybridized carbons (Fsp3) is 0.750. The van der Waals surface area contributed by atoms with E-state index in [1.165, 1.54) is 0 Å². The van der Waals surface area contributed by atoms with Crippen molar-refractivity contribution in [1.29, 1.82) is 0 Å². The molecule has 0 radical (unpaired) electrons. The molecule has 1 unspecified atom stereocenters. The van der Waals surface area contributed by atoms with Crippen LogP contribution in [0.15, 0.2) is 0 Å². The molecule has 0 aromatic heterocycles. The van der Waals surface area contributed by atoms with Crippen molar-refractivity contribution < 1.29 is 12.6 Å². The monoisotopic (exact) mass is 92.1 g/mol. The lowest BCUT2D eigenvalue weighted by atomic mass is 10.4. The van der Waals surface area contributed by atoms with E-state index < -0.39 is 12.4 Å². The van der Waals surface area contributed by atoms with Gasteiger partial charge >= 0.3 is 5.97 Å². The maximum absolute atomic E-state index is 9.77. The molecule has 0 aliphatic rings. The molecule has 0 aromatic carbocycles. The smallest absolute Gasteiger partial charge is 0.303 e. The summed E-state index contributed by atoms with van der Waals surface area (Å²) in [6.07, 6.45) is -0.976. The second-order valence-electron chi connectivity index (χ2n) is 0.887. The van der Waals surface area contributed by atoms with Crippen LogP contribution in [-0.2, 0) is 4.79 Å². The Kier molecular flexibility index (Phi) is 1.17. The summed E-state index contributed by atoms with van der Waals surface area (Å²) in [7, 11) is 0. The third-order valence-electron chi connectivity index (χ3n) is 0.319. The Morgan fingerprint density at radius 2 is 3.00 bits per heavy atom. The number of carbonyl (C=O) groups is 1. The van der Waals surface area contributed by atoms with Gasteiger partial charge < -0.3 is 5.11 Å². The van der Waals surface area contributed by atoms with Crippen LogP contribution in [0.4, 0.5) is 0 Å². The Morgan fingerprint density at radius 3 is 3.17 bits per heavy atom. The van der Waals surface area contributed by atoms with E-state index >= 15 is 0 Å². The first-order valence-electron chi connectivity index (χ1n) is 2.88. The van der Waals surface area contributed by atoms with Gasteiger partial charge in [-0.05, 0) is 6.40 Å². The van der Waals surface area contributed by atoms with E-state index in [1.54, 1.807) is 0 Å². The highest BCUT2D eigenvalue weighted by atomic mass is 16.4. The van der Waals surface area contributed by atoms with Gasteiger partial charge in [0.2, 0.25) is 0 Å². The lowest BCUT2D eigenvalue weighted by Gasteiger charge is -1.79. The topological polar surface area (TPSA) is 37.3 Å². The van der Waals surface area contributed by atoms with Crippen LogP contribution in [0.3, 0.4) is 0 Å². The highest BCUT2D eigenvalue weighted by Gasteiger charge is 1.87. The van der Waals surface area contributed by atoms with Gasteiger partial charge in [-0.15, -0.1) is 0 Å². The number of hydrogen-bond acceptors (Lipinski definition) is 1. The van der Waals surface area contributed by atoms with E-state index in [1.807, 2.05) is 0 Å². The first-order valence-corrected chi connectivity index (χ1v) is 1.60. The van der Waals surface area contributed by atoms with Crippen molar-refractivity contribution in [2.75, 3.05) is 0 Å². The summed E-state index contributed by atoms with van der Waals surface area (Å²) >= 11 is 0. The summed E-state index contributed by atoms with van der Waals surface area (Å²) in [6.45, 7) is -0.133. The van der Waals surface area contributed by atoms with E-state index in [-0.39, 0.29) is 13.3 Å². The van der Waals surface area contributed by atoms with Crippen molar-refractivity contribution in [1.82, 2.24) is 0 Å². The molecule has 0 heterocycles. The number of carboxylic acids is 1. The summed E-state index contributed by atoms with van der Waals surface area (Å²) in [4.78, 5) is 9.77. The van der Waals surface area contributed by atoms with Crippen molar-refractivity contribution >= 4 is 5.97 Å². The van der Waals surface area contributed by atoms with Crippen molar-refractivity contribution in [2.45, 2.75) is 19.7 Å². The molecule has 0 rings (SSSR count). The summed E-state index contributed by atoms with van der Waals surface area (Å²) in [6, 6.07) is 0. The number of rotatable bonds is 2. The molecule has 0 spiro atoms. The largest absolute Gasteiger partial charge is 0.481 e. The fourth-order valence-electron chi connectivity index (χ4n) is 0.123. The van der Waals surface area contributed by atoms with Crippen molar-refractivity contribution in [3.05, 3.63) is 0 Å². The quantitative estimate of drug-likeness (QED) is 0.548. The molecule has 0 fully saturated rings. The molecule has 0 aliphatic heterocycles. The standard InChI is InChI=1S/C4H8O2/c1-2-3-4(5)6/h2-3H2,1H3,(H,5,6)/i1T,2T. The Hall–Kier alpha value is -0.530. The minimum Gasteiger partial charge on any atom is -0.481 e. The predicted molar refractivity (Wildman–Crippen MR) is 22.5 cm³/mol. The molecule has 0 saturated heterocycles. The van der Waals surface area contributed by atoms with E-state index in [0.717, 1.165) is 0 Å². The van der Waals surface area contributed by atoms with Gasteiger partial charge in [-0.2, -0.15) is 0 Å². The van der Waals surface area contributed by atoms with Crippen LogP contribution in [-0.4, -0.2) is 11.1 Å². The second-order valence-corrected chi connectivity index (χ2v) is 0.887. The van der Waals surface area contributed by atoms with Crippen LogP contribution in [0, 0.1) is 0 Å². The van der Waals surface area contributed by atoms with E-state index in [2.05, 4.69) is 0 Å². The zero-order chi connectivity index (χ0) is 6.57. The van der Waals surface area contributed by atoms with Gasteiger partial charge in [0, 0.05) is 9.16 Å². The molecular weight excluding hydrogens is 80.0 g/mol. The normalized spacial score (nSPS) is 18.0. The predicted octanol–water partition coefficient (Wildman–Crippen LogP) is 0.871. The molecular formula is C4H8O2. The average Bonchev–Trinajstić information content (AvgIpc) is 1.65. The maximum atomic E-state index is 9.77. The van der Waals surface area contributed by atoms with E-state index in [0.29, 0.717) is 0 Å². The third-order valence-corrected chi connectivity index (χ3v) is 0.319. The Labute approximate surface area is 39.6 Å². The molecule has 2 heteroatoms. The van der Waals surface area contributed by atoms with Gasteiger partial charge in [-0.1, -0.05) is 6.90 Å². The summed E-state index contributed by atoms with van der Waals surface area (Å²) in [5.41, 5.74) is 0. The van der Waals surface area contributed by atoms with E-state index in [4.69, 9.17) is 7.85 Å². The second kappa shape index (κ2) is 2.69. The number of aliphatic carboxylic acids is 1. The summed E-state index contributed by atoms with van der Waals surface area (Å²) in [5, 5.41) is 8.01. The zero-order valence-corrected chi connectivity index (χ0v) is 3.35. The first kappa shape index (κ1) is 2.61. The van der Waals surface area contributed by atoms with Crippen LogP contribution in [0.1, 0.15) is 22.5 Å². The molecule has 2 nitrogen and oxygen atoms in total. The molecule has 0 aliphatic carbocycles. The highest BCUT2D eigenvalue weighted by molar-refractivity contribution is 5.66. The fourth-order valence-corrected chi connectivity index (χ4v) is 0.123. The molecule has 0 bridgehead atoms. The summed E-state index contributed by atoms with van der Waals surface area (Å²) in [5.74, 6) is -1.00. The highest BCUT2D eigenvalue weighted by Crippen LogP contribution is 1.82. The van der Waals surface area contributed by atoms with Gasteiger partial charge in [-0.3, -0.25) is 4.79 Å². The van der Waals surface area contributed by atoms with Crippen molar-refractivity contribution in [3.63, 3.8) is 0 Å². The molecule has 0 amide bonds. The zero-order valence-electron chi connectivity index (χ0n) is 5.35. The Balaban J connectivity index is 3.24. The Morgan fingerprint density at radius 1 is 2.33 bits per heavy atom. The van der Waals surface area contributed by atoms with Gasteiger partial charge in [0.25, 0.3) is 0 Å². The van der Waals surface area contributed by atoms with Gasteiger partial charge in [0.1, 0.15) is 0 Å². The third kappa shape index (κ3) is 3.47. The van der Waals surface area contributed by atoms with Gasteiger partial charge in [0.15, 0.2) is 0 Å². The van der Waals surface area contributed by atoms with Crippen molar-refractivity contribution in [3.8, 4) is 0 Å². The minimum atomic E-state index is -1.00.